The molecule has 1 atom stereocenters. The van der Waals surface area contributed by atoms with E-state index in [-0.39, 0.29) is 6.42 Å². The third-order valence-corrected chi connectivity index (χ3v) is 3.24. The molecule has 3 nitrogen and oxygen atoms in total. The van der Waals surface area contributed by atoms with E-state index < -0.39 is 12.1 Å². The molecule has 1 aromatic carbocycles. The first kappa shape index (κ1) is 15.3. The summed E-state index contributed by atoms with van der Waals surface area (Å²) in [6.07, 6.45) is 1.27. The molecule has 0 amide bonds. The first-order valence-electron chi connectivity index (χ1n) is 5.83. The van der Waals surface area contributed by atoms with Crippen LogP contribution in [0.5, 0.6) is 0 Å². The Kier molecular flexibility index (Phi) is 6.47. The lowest BCUT2D eigenvalue weighted by atomic mass is 10.1. The molecule has 0 saturated carbocycles. The maximum absolute atomic E-state index is 11.1. The van der Waals surface area contributed by atoms with E-state index in [2.05, 4.69) is 0 Å². The zero-order chi connectivity index (χ0) is 13.5. The molecule has 0 aromatic heterocycles. The van der Waals surface area contributed by atoms with E-state index in [0.29, 0.717) is 16.7 Å². The molecule has 0 aliphatic carbocycles. The van der Waals surface area contributed by atoms with Crippen LogP contribution < -0.4 is 0 Å². The van der Waals surface area contributed by atoms with Crippen molar-refractivity contribution in [2.24, 2.45) is 0 Å². The molecule has 1 rings (SSSR count). The Labute approximate surface area is 117 Å². The number of hydrogen-bond donors (Lipinski definition) is 1. The van der Waals surface area contributed by atoms with Crippen LogP contribution in [0.4, 0.5) is 0 Å². The van der Waals surface area contributed by atoms with Crippen molar-refractivity contribution in [1.82, 2.24) is 0 Å². The van der Waals surface area contributed by atoms with Crippen LogP contribution in [0.3, 0.4) is 0 Å². The van der Waals surface area contributed by atoms with E-state index in [1.807, 2.05) is 6.92 Å². The van der Waals surface area contributed by atoms with E-state index in [1.54, 1.807) is 18.2 Å². The number of unbranched alkanes of at least 4 members (excludes halogenated alkanes) is 1. The summed E-state index contributed by atoms with van der Waals surface area (Å²) in [5, 5.41) is 9.95. The average molecular weight is 291 g/mol. The highest BCUT2D eigenvalue weighted by Gasteiger charge is 2.18. The summed E-state index contributed by atoms with van der Waals surface area (Å²) in [4.78, 5) is 11.1. The fraction of sp³-hybridized carbons (Fsp3) is 0.462. The monoisotopic (exact) mass is 290 g/mol. The summed E-state index contributed by atoms with van der Waals surface area (Å²) in [5.41, 5.74) is 0.799. The van der Waals surface area contributed by atoms with E-state index in [1.165, 1.54) is 0 Å². The SMILES string of the molecule is CCCCO[C@H](Cc1ccc(Cl)c(Cl)c1)C(=O)O. The van der Waals surface area contributed by atoms with Crippen LogP contribution in [0, 0.1) is 0 Å². The van der Waals surface area contributed by atoms with Crippen LogP contribution >= 0.6 is 23.2 Å². The van der Waals surface area contributed by atoms with Gasteiger partial charge in [-0.25, -0.2) is 4.79 Å². The predicted octanol–water partition coefficient (Wildman–Crippen LogP) is 3.81. The highest BCUT2D eigenvalue weighted by Crippen LogP contribution is 2.23. The number of benzene rings is 1. The lowest BCUT2D eigenvalue weighted by Gasteiger charge is -2.13. The number of carboxylic acid groups (broad SMARTS) is 1. The van der Waals surface area contributed by atoms with Crippen molar-refractivity contribution >= 4 is 29.2 Å². The molecule has 0 radical (unpaired) electrons. The van der Waals surface area contributed by atoms with Crippen molar-refractivity contribution in [3.8, 4) is 0 Å². The maximum Gasteiger partial charge on any atom is 0.333 e. The van der Waals surface area contributed by atoms with Crippen molar-refractivity contribution in [1.29, 1.82) is 0 Å². The first-order valence-corrected chi connectivity index (χ1v) is 6.58. The second-order valence-corrected chi connectivity index (χ2v) is 4.82. The number of halogens is 2. The Hall–Kier alpha value is -0.770. The lowest BCUT2D eigenvalue weighted by Crippen LogP contribution is -2.26. The number of rotatable bonds is 7. The average Bonchev–Trinajstić information content (AvgIpc) is 2.32. The summed E-state index contributed by atoms with van der Waals surface area (Å²) in [6.45, 7) is 2.48. The number of aliphatic carboxylic acids is 1. The highest BCUT2D eigenvalue weighted by molar-refractivity contribution is 6.42. The van der Waals surface area contributed by atoms with E-state index in [0.717, 1.165) is 18.4 Å². The summed E-state index contributed by atoms with van der Waals surface area (Å²) in [5.74, 6) is -0.961. The zero-order valence-corrected chi connectivity index (χ0v) is 11.7. The fourth-order valence-corrected chi connectivity index (χ4v) is 1.79. The molecule has 1 N–H and O–H groups in total. The van der Waals surface area contributed by atoms with Gasteiger partial charge in [-0.3, -0.25) is 0 Å². The first-order chi connectivity index (χ1) is 8.54. The Bertz CT molecular complexity index is 407. The smallest absolute Gasteiger partial charge is 0.333 e. The Morgan fingerprint density at radius 3 is 2.67 bits per heavy atom. The van der Waals surface area contributed by atoms with Gasteiger partial charge in [0.15, 0.2) is 6.10 Å². The number of ether oxygens (including phenoxy) is 1. The van der Waals surface area contributed by atoms with Crippen LogP contribution in [0.15, 0.2) is 18.2 Å². The predicted molar refractivity (Wildman–Crippen MR) is 72.4 cm³/mol. The van der Waals surface area contributed by atoms with Crippen LogP contribution in [-0.2, 0) is 16.0 Å². The van der Waals surface area contributed by atoms with Gasteiger partial charge in [-0.15, -0.1) is 0 Å². The van der Waals surface area contributed by atoms with Gasteiger partial charge >= 0.3 is 5.97 Å². The Morgan fingerprint density at radius 2 is 2.11 bits per heavy atom. The van der Waals surface area contributed by atoms with Gasteiger partial charge < -0.3 is 9.84 Å². The molecule has 18 heavy (non-hydrogen) atoms. The van der Waals surface area contributed by atoms with Gasteiger partial charge in [-0.2, -0.15) is 0 Å². The lowest BCUT2D eigenvalue weighted by molar-refractivity contribution is -0.150. The third kappa shape index (κ3) is 4.84. The standard InChI is InChI=1S/C13H16Cl2O3/c1-2-3-6-18-12(13(16)17)8-9-4-5-10(14)11(15)7-9/h4-5,7,12H,2-3,6,8H2,1H3,(H,16,17)/t12-/m1/s1. The summed E-state index contributed by atoms with van der Waals surface area (Å²) >= 11 is 11.7. The largest absolute Gasteiger partial charge is 0.479 e. The minimum atomic E-state index is -0.961. The van der Waals surface area contributed by atoms with Gasteiger partial charge in [0.05, 0.1) is 10.0 Å². The fourth-order valence-electron chi connectivity index (χ4n) is 1.47. The second kappa shape index (κ2) is 7.62. The topological polar surface area (TPSA) is 46.5 Å². The van der Waals surface area contributed by atoms with E-state index >= 15 is 0 Å². The molecule has 0 bridgehead atoms. The molecular formula is C13H16Cl2O3. The van der Waals surface area contributed by atoms with Gasteiger partial charge in [0.25, 0.3) is 0 Å². The molecule has 0 aliphatic heterocycles. The molecule has 100 valence electrons. The molecule has 0 unspecified atom stereocenters. The molecule has 0 heterocycles. The Balaban J connectivity index is 2.64. The number of hydrogen-bond acceptors (Lipinski definition) is 2. The van der Waals surface area contributed by atoms with Gasteiger partial charge in [-0.1, -0.05) is 42.6 Å². The molecule has 0 fully saturated rings. The normalized spacial score (nSPS) is 12.4. The van der Waals surface area contributed by atoms with Crippen LogP contribution in [0.1, 0.15) is 25.3 Å². The van der Waals surface area contributed by atoms with Gasteiger partial charge in [0.2, 0.25) is 0 Å². The van der Waals surface area contributed by atoms with E-state index in [4.69, 9.17) is 33.0 Å². The van der Waals surface area contributed by atoms with Gasteiger partial charge in [0, 0.05) is 13.0 Å². The number of carboxylic acids is 1. The highest BCUT2D eigenvalue weighted by atomic mass is 35.5. The van der Waals surface area contributed by atoms with Crippen molar-refractivity contribution in [3.05, 3.63) is 33.8 Å². The van der Waals surface area contributed by atoms with Gasteiger partial charge in [0.1, 0.15) is 0 Å². The van der Waals surface area contributed by atoms with Crippen LogP contribution in [-0.4, -0.2) is 23.8 Å². The summed E-state index contributed by atoms with van der Waals surface area (Å²) < 4.78 is 5.34. The molecule has 1 aromatic rings. The molecule has 5 heteroatoms. The molecule has 0 aliphatic rings. The van der Waals surface area contributed by atoms with E-state index in [9.17, 15) is 4.79 Å². The van der Waals surface area contributed by atoms with Crippen LogP contribution in [0.2, 0.25) is 10.0 Å². The summed E-state index contributed by atoms with van der Waals surface area (Å²) in [7, 11) is 0. The van der Waals surface area contributed by atoms with Crippen molar-refractivity contribution in [2.45, 2.75) is 32.3 Å². The minimum Gasteiger partial charge on any atom is -0.479 e. The molecule has 0 spiro atoms. The van der Waals surface area contributed by atoms with Gasteiger partial charge in [-0.05, 0) is 24.1 Å². The maximum atomic E-state index is 11.1. The van der Waals surface area contributed by atoms with Crippen molar-refractivity contribution < 1.29 is 14.6 Å². The molecule has 0 saturated heterocycles. The Morgan fingerprint density at radius 1 is 1.39 bits per heavy atom. The quantitative estimate of drug-likeness (QED) is 0.777. The van der Waals surface area contributed by atoms with Crippen molar-refractivity contribution in [2.75, 3.05) is 6.61 Å². The number of carbonyl (C=O) groups is 1. The third-order valence-electron chi connectivity index (χ3n) is 2.50. The second-order valence-electron chi connectivity index (χ2n) is 4.00. The minimum absolute atomic E-state index is 0.288. The summed E-state index contributed by atoms with van der Waals surface area (Å²) in [6, 6.07) is 5.08. The van der Waals surface area contributed by atoms with Crippen molar-refractivity contribution in [3.63, 3.8) is 0 Å². The molecular weight excluding hydrogens is 275 g/mol. The van der Waals surface area contributed by atoms with Crippen LogP contribution in [0.25, 0.3) is 0 Å². The zero-order valence-electron chi connectivity index (χ0n) is 10.2.